The molecule has 1 saturated heterocycles. The third-order valence-corrected chi connectivity index (χ3v) is 2.35. The van der Waals surface area contributed by atoms with E-state index in [1.807, 2.05) is 6.92 Å². The molecule has 0 radical (unpaired) electrons. The molecule has 1 aliphatic heterocycles. The number of hydrogen-bond acceptors (Lipinski definition) is 4. The zero-order chi connectivity index (χ0) is 11.1. The third kappa shape index (κ3) is 5.11. The second kappa shape index (κ2) is 6.76. The van der Waals surface area contributed by atoms with Crippen molar-refractivity contribution < 1.29 is 14.3 Å². The Morgan fingerprint density at radius 2 is 2.40 bits per heavy atom. The first kappa shape index (κ1) is 12.4. The van der Waals surface area contributed by atoms with Gasteiger partial charge in [0.05, 0.1) is 25.9 Å². The Hall–Kier alpha value is -0.650. The van der Waals surface area contributed by atoms with Gasteiger partial charge in [-0.15, -0.1) is 0 Å². The Morgan fingerprint density at radius 1 is 1.60 bits per heavy atom. The van der Waals surface area contributed by atoms with Gasteiger partial charge in [-0.25, -0.2) is 0 Å². The normalized spacial score (nSPS) is 23.5. The summed E-state index contributed by atoms with van der Waals surface area (Å²) in [6, 6.07) is 0. The van der Waals surface area contributed by atoms with E-state index < -0.39 is 0 Å². The monoisotopic (exact) mass is 216 g/mol. The predicted octanol–water partition coefficient (Wildman–Crippen LogP) is -0.497. The van der Waals surface area contributed by atoms with E-state index in [4.69, 9.17) is 15.2 Å². The summed E-state index contributed by atoms with van der Waals surface area (Å²) in [5, 5.41) is 2.82. The molecule has 15 heavy (non-hydrogen) atoms. The largest absolute Gasteiger partial charge is 0.376 e. The van der Waals surface area contributed by atoms with Crippen molar-refractivity contribution in [1.82, 2.24) is 5.32 Å². The predicted molar refractivity (Wildman–Crippen MR) is 56.4 cm³/mol. The molecule has 2 unspecified atom stereocenters. The fraction of sp³-hybridized carbons (Fsp3) is 0.900. The molecule has 0 aromatic carbocycles. The standard InChI is InChI=1S/C10H20N2O3/c1-8(5-11)4-10(13)12-6-9-7-14-2-3-15-9/h8-9H,2-7,11H2,1H3,(H,12,13). The molecule has 1 fully saturated rings. The van der Waals surface area contributed by atoms with Crippen molar-refractivity contribution in [2.45, 2.75) is 19.4 Å². The van der Waals surface area contributed by atoms with E-state index in [-0.39, 0.29) is 17.9 Å². The summed E-state index contributed by atoms with van der Waals surface area (Å²) in [5.41, 5.74) is 5.43. The molecule has 2 atom stereocenters. The van der Waals surface area contributed by atoms with Crippen molar-refractivity contribution >= 4 is 5.91 Å². The molecule has 0 saturated carbocycles. The molecule has 0 spiro atoms. The van der Waals surface area contributed by atoms with Crippen molar-refractivity contribution in [3.05, 3.63) is 0 Å². The van der Waals surface area contributed by atoms with Gasteiger partial charge >= 0.3 is 0 Å². The van der Waals surface area contributed by atoms with Crippen LogP contribution < -0.4 is 11.1 Å². The minimum atomic E-state index is -0.00381. The number of nitrogens with two attached hydrogens (primary N) is 1. The summed E-state index contributed by atoms with van der Waals surface area (Å²) < 4.78 is 10.6. The van der Waals surface area contributed by atoms with E-state index in [0.29, 0.717) is 39.3 Å². The maximum atomic E-state index is 11.4. The van der Waals surface area contributed by atoms with Crippen LogP contribution in [-0.4, -0.2) is 44.9 Å². The lowest BCUT2D eigenvalue weighted by molar-refractivity contribution is -0.124. The summed E-state index contributed by atoms with van der Waals surface area (Å²) in [7, 11) is 0. The van der Waals surface area contributed by atoms with E-state index in [0.717, 1.165) is 0 Å². The van der Waals surface area contributed by atoms with E-state index >= 15 is 0 Å². The Kier molecular flexibility index (Phi) is 5.60. The van der Waals surface area contributed by atoms with Crippen molar-refractivity contribution in [3.63, 3.8) is 0 Å². The van der Waals surface area contributed by atoms with Gasteiger partial charge in [-0.05, 0) is 12.5 Å². The first-order valence-corrected chi connectivity index (χ1v) is 5.38. The Bertz CT molecular complexity index is 193. The van der Waals surface area contributed by atoms with Crippen LogP contribution in [-0.2, 0) is 14.3 Å². The van der Waals surface area contributed by atoms with E-state index in [9.17, 15) is 4.79 Å². The van der Waals surface area contributed by atoms with Crippen LogP contribution in [0.2, 0.25) is 0 Å². The van der Waals surface area contributed by atoms with Crippen LogP contribution in [0.3, 0.4) is 0 Å². The van der Waals surface area contributed by atoms with Gasteiger partial charge in [0, 0.05) is 13.0 Å². The molecule has 5 nitrogen and oxygen atoms in total. The molecule has 0 aliphatic carbocycles. The van der Waals surface area contributed by atoms with Gasteiger partial charge in [0.25, 0.3) is 0 Å². The van der Waals surface area contributed by atoms with Gasteiger partial charge in [0.1, 0.15) is 0 Å². The molecular weight excluding hydrogens is 196 g/mol. The van der Waals surface area contributed by atoms with Crippen LogP contribution in [0.1, 0.15) is 13.3 Å². The number of carbonyl (C=O) groups is 1. The number of ether oxygens (including phenoxy) is 2. The summed E-state index contributed by atoms with van der Waals surface area (Å²) in [4.78, 5) is 11.4. The highest BCUT2D eigenvalue weighted by atomic mass is 16.6. The maximum Gasteiger partial charge on any atom is 0.220 e. The fourth-order valence-electron chi connectivity index (χ4n) is 1.35. The number of hydrogen-bond donors (Lipinski definition) is 2. The lowest BCUT2D eigenvalue weighted by Crippen LogP contribution is -2.40. The second-order valence-corrected chi connectivity index (χ2v) is 3.92. The zero-order valence-corrected chi connectivity index (χ0v) is 9.20. The topological polar surface area (TPSA) is 73.6 Å². The minimum Gasteiger partial charge on any atom is -0.376 e. The highest BCUT2D eigenvalue weighted by Crippen LogP contribution is 2.01. The van der Waals surface area contributed by atoms with Crippen LogP contribution >= 0.6 is 0 Å². The highest BCUT2D eigenvalue weighted by Gasteiger charge is 2.15. The number of rotatable bonds is 5. The van der Waals surface area contributed by atoms with Crippen LogP contribution in [0.25, 0.3) is 0 Å². The first-order chi connectivity index (χ1) is 7.22. The SMILES string of the molecule is CC(CN)CC(=O)NCC1COCCO1. The Morgan fingerprint density at radius 3 is 3.00 bits per heavy atom. The molecule has 0 aromatic heterocycles. The molecule has 0 bridgehead atoms. The van der Waals surface area contributed by atoms with Crippen LogP contribution in [0.5, 0.6) is 0 Å². The third-order valence-electron chi connectivity index (χ3n) is 2.35. The average molecular weight is 216 g/mol. The van der Waals surface area contributed by atoms with Crippen molar-refractivity contribution in [1.29, 1.82) is 0 Å². The molecule has 3 N–H and O–H groups in total. The average Bonchev–Trinajstić information content (AvgIpc) is 2.27. The lowest BCUT2D eigenvalue weighted by Gasteiger charge is -2.23. The number of nitrogens with one attached hydrogen (secondary N) is 1. The lowest BCUT2D eigenvalue weighted by atomic mass is 10.1. The zero-order valence-electron chi connectivity index (χ0n) is 9.20. The highest BCUT2D eigenvalue weighted by molar-refractivity contribution is 5.76. The minimum absolute atomic E-state index is 0.00381. The van der Waals surface area contributed by atoms with Crippen LogP contribution in [0.4, 0.5) is 0 Å². The number of amides is 1. The second-order valence-electron chi connectivity index (χ2n) is 3.92. The van der Waals surface area contributed by atoms with E-state index in [2.05, 4.69) is 5.32 Å². The van der Waals surface area contributed by atoms with Crippen LogP contribution in [0, 0.1) is 5.92 Å². The molecule has 1 amide bonds. The summed E-state index contributed by atoms with van der Waals surface area (Å²) in [6.45, 7) is 4.84. The summed E-state index contributed by atoms with van der Waals surface area (Å²) >= 11 is 0. The van der Waals surface area contributed by atoms with Gasteiger partial charge in [-0.3, -0.25) is 4.79 Å². The van der Waals surface area contributed by atoms with Gasteiger partial charge in [0.15, 0.2) is 0 Å². The van der Waals surface area contributed by atoms with Crippen molar-refractivity contribution in [2.75, 3.05) is 32.9 Å². The van der Waals surface area contributed by atoms with Gasteiger partial charge in [-0.2, -0.15) is 0 Å². The van der Waals surface area contributed by atoms with Crippen molar-refractivity contribution in [3.8, 4) is 0 Å². The molecule has 5 heteroatoms. The van der Waals surface area contributed by atoms with Gasteiger partial charge in [-0.1, -0.05) is 6.92 Å². The Balaban J connectivity index is 2.10. The summed E-state index contributed by atoms with van der Waals surface area (Å²) in [6.07, 6.45) is 0.472. The molecular formula is C10H20N2O3. The van der Waals surface area contributed by atoms with E-state index in [1.54, 1.807) is 0 Å². The molecule has 88 valence electrons. The van der Waals surface area contributed by atoms with Gasteiger partial charge in [0.2, 0.25) is 5.91 Å². The maximum absolute atomic E-state index is 11.4. The molecule has 1 rings (SSSR count). The summed E-state index contributed by atoms with van der Waals surface area (Å²) in [5.74, 6) is 0.260. The first-order valence-electron chi connectivity index (χ1n) is 5.38. The quantitative estimate of drug-likeness (QED) is 0.650. The van der Waals surface area contributed by atoms with Gasteiger partial charge < -0.3 is 20.5 Å². The number of carbonyl (C=O) groups excluding carboxylic acids is 1. The van der Waals surface area contributed by atoms with E-state index in [1.165, 1.54) is 0 Å². The fourth-order valence-corrected chi connectivity index (χ4v) is 1.35. The molecule has 1 aliphatic rings. The van der Waals surface area contributed by atoms with Crippen molar-refractivity contribution in [2.24, 2.45) is 11.7 Å². The molecule has 1 heterocycles. The smallest absolute Gasteiger partial charge is 0.220 e. The Labute approximate surface area is 90.3 Å². The molecule has 0 aromatic rings. The van der Waals surface area contributed by atoms with Crippen LogP contribution in [0.15, 0.2) is 0 Å².